The minimum Gasteiger partial charge on any atom is -0.480 e. The Morgan fingerprint density at radius 2 is 1.53 bits per heavy atom. The number of carboxylic acids is 1. The second-order valence-electron chi connectivity index (χ2n) is 14.9. The van der Waals surface area contributed by atoms with Gasteiger partial charge in [0.1, 0.15) is 12.1 Å². The van der Waals surface area contributed by atoms with E-state index < -0.39 is 60.2 Å². The molecule has 1 saturated heterocycles. The van der Waals surface area contributed by atoms with Gasteiger partial charge in [-0.1, -0.05) is 85.2 Å². The molecule has 0 aliphatic carbocycles. The first-order valence-corrected chi connectivity index (χ1v) is 18.7. The third-order valence-corrected chi connectivity index (χ3v) is 10.6. The highest BCUT2D eigenvalue weighted by molar-refractivity contribution is 5.90. The Kier molecular flexibility index (Phi) is 20.6. The minimum atomic E-state index is -1.14. The summed E-state index contributed by atoms with van der Waals surface area (Å²) < 4.78 is 11.8. The molecule has 1 aliphatic rings. The Labute approximate surface area is 323 Å². The second-order valence-corrected chi connectivity index (χ2v) is 14.9. The van der Waals surface area contributed by atoms with Crippen molar-refractivity contribution in [3.8, 4) is 0 Å². The molecule has 0 radical (unpaired) electrons. The molecule has 53 heavy (non-hydrogen) atoms. The number of methoxy groups -OCH3 is 2. The van der Waals surface area contributed by atoms with Crippen molar-refractivity contribution >= 4 is 42.0 Å². The number of carbonyl (C=O) groups is 5. The van der Waals surface area contributed by atoms with Gasteiger partial charge in [0.2, 0.25) is 23.6 Å². The van der Waals surface area contributed by atoms with Gasteiger partial charge in [-0.25, -0.2) is 4.79 Å². The SMILES string of the molecule is CC[C@H](C)[C@@H]([C@@H](CC(=O)N1CCCC1[C@H](OC)[C@@H](C)C(=O)NC(Cc1ccccc1)C(=O)O)OC)N(C)C(=O)C(NC(=O)C(NC)C(C)C)C(C)C.Cl. The lowest BCUT2D eigenvalue weighted by Gasteiger charge is -2.41. The summed E-state index contributed by atoms with van der Waals surface area (Å²) >= 11 is 0. The average molecular weight is 768 g/mol. The summed E-state index contributed by atoms with van der Waals surface area (Å²) in [6.45, 7) is 13.9. The highest BCUT2D eigenvalue weighted by Gasteiger charge is 2.43. The van der Waals surface area contributed by atoms with Crippen molar-refractivity contribution in [3.05, 3.63) is 35.9 Å². The van der Waals surface area contributed by atoms with Crippen LogP contribution in [0.4, 0.5) is 0 Å². The largest absolute Gasteiger partial charge is 0.480 e. The molecule has 13 nitrogen and oxygen atoms in total. The Morgan fingerprint density at radius 3 is 2.02 bits per heavy atom. The third kappa shape index (κ3) is 12.9. The smallest absolute Gasteiger partial charge is 0.326 e. The van der Waals surface area contributed by atoms with E-state index in [-0.39, 0.29) is 60.7 Å². The topological polar surface area (TPSA) is 167 Å². The van der Waals surface area contributed by atoms with E-state index in [9.17, 15) is 29.1 Å². The van der Waals surface area contributed by atoms with E-state index >= 15 is 0 Å². The number of hydrogen-bond acceptors (Lipinski definition) is 8. The third-order valence-electron chi connectivity index (χ3n) is 10.6. The van der Waals surface area contributed by atoms with E-state index in [1.165, 1.54) is 14.2 Å². The first-order valence-electron chi connectivity index (χ1n) is 18.7. The summed E-state index contributed by atoms with van der Waals surface area (Å²) in [5.41, 5.74) is 0.785. The normalized spacial score (nSPS) is 18.9. The first-order chi connectivity index (χ1) is 24.5. The zero-order chi connectivity index (χ0) is 39.3. The summed E-state index contributed by atoms with van der Waals surface area (Å²) in [5, 5.41) is 18.5. The number of carboxylic acid groups (broad SMARTS) is 1. The molecule has 4 N–H and O–H groups in total. The van der Waals surface area contributed by atoms with Crippen molar-refractivity contribution < 1.29 is 38.6 Å². The van der Waals surface area contributed by atoms with Gasteiger partial charge < -0.3 is 40.3 Å². The standard InChI is InChI=1S/C39H65N5O8.ClH/c1-12-25(6)34(43(9)38(48)33(24(4)5)42-37(47)32(40-8)23(2)3)30(51-10)22-31(45)44-20-16-19-29(44)35(52-11)26(7)36(46)41-28(39(49)50)21-27-17-14-13-15-18-27;/h13-15,17-18,23-26,28-30,32-35,40H,12,16,19-22H2,1-11H3,(H,41,46)(H,42,47)(H,49,50);1H/t25-,26+,28?,29?,30+,32?,33?,34-,35+;/m0./s1. The van der Waals surface area contributed by atoms with Crippen LogP contribution in [0.3, 0.4) is 0 Å². The fourth-order valence-corrected chi connectivity index (χ4v) is 7.40. The number of rotatable bonds is 21. The molecule has 4 amide bonds. The van der Waals surface area contributed by atoms with E-state index in [2.05, 4.69) is 16.0 Å². The van der Waals surface area contributed by atoms with Crippen LogP contribution in [0.25, 0.3) is 0 Å². The molecule has 9 atom stereocenters. The Hall–Kier alpha value is -3.26. The average Bonchev–Trinajstić information content (AvgIpc) is 3.59. The van der Waals surface area contributed by atoms with E-state index in [1.807, 2.05) is 71.9 Å². The van der Waals surface area contributed by atoms with Crippen molar-refractivity contribution in [2.45, 2.75) is 123 Å². The molecule has 0 aromatic heterocycles. The lowest BCUT2D eigenvalue weighted by atomic mass is 9.89. The van der Waals surface area contributed by atoms with Crippen LogP contribution in [-0.4, -0.2) is 122 Å². The number of hydrogen-bond donors (Lipinski definition) is 4. The van der Waals surface area contributed by atoms with Crippen LogP contribution in [0, 0.1) is 23.7 Å². The van der Waals surface area contributed by atoms with Crippen LogP contribution in [0.5, 0.6) is 0 Å². The molecule has 0 spiro atoms. The van der Waals surface area contributed by atoms with E-state index in [0.717, 1.165) is 12.0 Å². The molecule has 1 aliphatic heterocycles. The van der Waals surface area contributed by atoms with Crippen molar-refractivity contribution in [3.63, 3.8) is 0 Å². The fraction of sp³-hybridized carbons (Fsp3) is 0.718. The molecule has 302 valence electrons. The highest BCUT2D eigenvalue weighted by Crippen LogP contribution is 2.29. The van der Waals surface area contributed by atoms with Gasteiger partial charge in [-0.05, 0) is 43.2 Å². The quantitative estimate of drug-likeness (QED) is 0.146. The van der Waals surface area contributed by atoms with Crippen LogP contribution in [0.15, 0.2) is 30.3 Å². The van der Waals surface area contributed by atoms with E-state index in [0.29, 0.717) is 19.4 Å². The molecule has 1 aromatic carbocycles. The molecule has 4 unspecified atom stereocenters. The van der Waals surface area contributed by atoms with Crippen molar-refractivity contribution in [2.24, 2.45) is 23.7 Å². The van der Waals surface area contributed by atoms with Crippen LogP contribution in [0.1, 0.15) is 79.7 Å². The van der Waals surface area contributed by atoms with Crippen molar-refractivity contribution in [1.82, 2.24) is 25.8 Å². The number of halogens is 1. The molecular weight excluding hydrogens is 702 g/mol. The second kappa shape index (κ2) is 22.8. The molecule has 0 saturated carbocycles. The maximum atomic E-state index is 14.1. The zero-order valence-electron chi connectivity index (χ0n) is 33.6. The highest BCUT2D eigenvalue weighted by atomic mass is 35.5. The van der Waals surface area contributed by atoms with Gasteiger partial charge in [-0.15, -0.1) is 12.4 Å². The van der Waals surface area contributed by atoms with Gasteiger partial charge >= 0.3 is 5.97 Å². The van der Waals surface area contributed by atoms with Gasteiger partial charge in [0.05, 0.1) is 42.7 Å². The van der Waals surface area contributed by atoms with Gasteiger partial charge in [0.25, 0.3) is 0 Å². The van der Waals surface area contributed by atoms with E-state index in [4.69, 9.17) is 9.47 Å². The van der Waals surface area contributed by atoms with Crippen LogP contribution in [0.2, 0.25) is 0 Å². The number of likely N-dealkylation sites (N-methyl/N-ethyl adjacent to an activating group) is 2. The number of aliphatic carboxylic acids is 1. The molecular formula is C39H66ClN5O8. The molecule has 0 bridgehead atoms. The number of amides is 4. The maximum Gasteiger partial charge on any atom is 0.326 e. The predicted molar refractivity (Wildman–Crippen MR) is 208 cm³/mol. The number of likely N-dealkylation sites (tertiary alicyclic amines) is 1. The Morgan fingerprint density at radius 1 is 0.925 bits per heavy atom. The lowest BCUT2D eigenvalue weighted by molar-refractivity contribution is -0.148. The van der Waals surface area contributed by atoms with Crippen LogP contribution >= 0.6 is 12.4 Å². The van der Waals surface area contributed by atoms with E-state index in [1.54, 1.807) is 30.8 Å². The summed E-state index contributed by atoms with van der Waals surface area (Å²) in [6, 6.07) is 5.84. The number of ether oxygens (including phenoxy) is 2. The summed E-state index contributed by atoms with van der Waals surface area (Å²) in [7, 11) is 6.46. The molecule has 2 rings (SSSR count). The van der Waals surface area contributed by atoms with Crippen LogP contribution in [-0.2, 0) is 39.9 Å². The number of nitrogens with one attached hydrogen (secondary N) is 3. The zero-order valence-corrected chi connectivity index (χ0v) is 34.4. The summed E-state index contributed by atoms with van der Waals surface area (Å²) in [6.07, 6.45) is 0.818. The van der Waals surface area contributed by atoms with Crippen molar-refractivity contribution in [1.29, 1.82) is 0 Å². The molecule has 1 heterocycles. The number of carbonyl (C=O) groups excluding carboxylic acids is 4. The minimum absolute atomic E-state index is 0. The van der Waals surface area contributed by atoms with Gasteiger partial charge in [-0.3, -0.25) is 19.2 Å². The molecule has 1 aromatic rings. The van der Waals surface area contributed by atoms with Gasteiger partial charge in [0, 0.05) is 34.2 Å². The van der Waals surface area contributed by atoms with Gasteiger partial charge in [0.15, 0.2) is 0 Å². The van der Waals surface area contributed by atoms with Gasteiger partial charge in [-0.2, -0.15) is 0 Å². The summed E-state index contributed by atoms with van der Waals surface area (Å²) in [5.74, 6) is -3.27. The summed E-state index contributed by atoms with van der Waals surface area (Å²) in [4.78, 5) is 70.3. The Bertz CT molecular complexity index is 1320. The number of benzene rings is 1. The lowest BCUT2D eigenvalue weighted by Crippen LogP contribution is -2.59. The van der Waals surface area contributed by atoms with Crippen molar-refractivity contribution in [2.75, 3.05) is 34.9 Å². The fourth-order valence-electron chi connectivity index (χ4n) is 7.40. The predicted octanol–water partition coefficient (Wildman–Crippen LogP) is 3.53. The first kappa shape index (κ1) is 47.8. The maximum absolute atomic E-state index is 14.1. The Balaban J connectivity index is 0.0000140. The molecule has 14 heteroatoms. The monoisotopic (exact) mass is 767 g/mol. The van der Waals surface area contributed by atoms with Crippen LogP contribution < -0.4 is 16.0 Å². The molecule has 1 fully saturated rings. The number of nitrogens with zero attached hydrogens (tertiary/aromatic N) is 2.